The van der Waals surface area contributed by atoms with E-state index in [1.165, 1.54) is 0 Å². The number of benzene rings is 2. The third-order valence-electron chi connectivity index (χ3n) is 3.08. The predicted octanol–water partition coefficient (Wildman–Crippen LogP) is 3.41. The molecule has 2 N–H and O–H groups in total. The van der Waals surface area contributed by atoms with Crippen molar-refractivity contribution in [3.05, 3.63) is 70.2 Å². The fraction of sp³-hybridized carbons (Fsp3) is 0.176. The summed E-state index contributed by atoms with van der Waals surface area (Å²) in [4.78, 5) is 11.7. The molecule has 22 heavy (non-hydrogen) atoms. The van der Waals surface area contributed by atoms with Crippen LogP contribution in [0.4, 0.5) is 0 Å². The molecule has 2 aromatic carbocycles. The van der Waals surface area contributed by atoms with Gasteiger partial charge in [0.05, 0.1) is 12.3 Å². The maximum atomic E-state index is 11.7. The van der Waals surface area contributed by atoms with E-state index in [0.717, 1.165) is 15.6 Å². The number of hydrogen-bond acceptors (Lipinski definition) is 3. The summed E-state index contributed by atoms with van der Waals surface area (Å²) in [5, 5.41) is 13.9. The molecule has 0 bridgehead atoms. The van der Waals surface area contributed by atoms with E-state index in [4.69, 9.17) is 0 Å². The largest absolute Gasteiger partial charge is 0.388 e. The van der Waals surface area contributed by atoms with Crippen LogP contribution in [-0.4, -0.2) is 17.2 Å². The molecule has 114 valence electrons. The number of halogens is 1. The third kappa shape index (κ3) is 5.42. The molecule has 0 fully saturated rings. The van der Waals surface area contributed by atoms with Crippen molar-refractivity contribution in [1.29, 1.82) is 0 Å². The Hall–Kier alpha value is -1.98. The number of aliphatic hydroxyl groups excluding tert-OH is 1. The quantitative estimate of drug-likeness (QED) is 0.612. The highest BCUT2D eigenvalue weighted by Gasteiger charge is 2.09. The van der Waals surface area contributed by atoms with Crippen LogP contribution in [0, 0.1) is 0 Å². The highest BCUT2D eigenvalue weighted by Crippen LogP contribution is 2.17. The Kier molecular flexibility index (Phi) is 6.30. The fourth-order valence-electron chi connectivity index (χ4n) is 1.93. The second kappa shape index (κ2) is 8.46. The number of rotatable bonds is 6. The van der Waals surface area contributed by atoms with Crippen molar-refractivity contribution in [3.63, 3.8) is 0 Å². The Labute approximate surface area is 138 Å². The molecule has 1 unspecified atom stereocenters. The first kappa shape index (κ1) is 16.4. The molecule has 0 heterocycles. The molecular formula is C17H17BrN2O2. The molecule has 5 heteroatoms. The zero-order valence-corrected chi connectivity index (χ0v) is 13.5. The highest BCUT2D eigenvalue weighted by molar-refractivity contribution is 9.10. The number of amides is 1. The standard InChI is InChI=1S/C17H17BrN2O2/c18-15-8-4-5-13(11-15)12-19-20-17(22)10-9-16(21)14-6-2-1-3-7-14/h1-8,11-12,16,21H,9-10H2,(H,20,22)/b19-12-. The van der Waals surface area contributed by atoms with Gasteiger partial charge < -0.3 is 5.11 Å². The highest BCUT2D eigenvalue weighted by atomic mass is 79.9. The Morgan fingerprint density at radius 2 is 2.00 bits per heavy atom. The molecule has 0 aliphatic rings. The van der Waals surface area contributed by atoms with Crippen molar-refractivity contribution < 1.29 is 9.90 Å². The van der Waals surface area contributed by atoms with Gasteiger partial charge in [0.25, 0.3) is 0 Å². The molecule has 0 aliphatic heterocycles. The smallest absolute Gasteiger partial charge is 0.240 e. The number of hydrogen-bond donors (Lipinski definition) is 2. The maximum absolute atomic E-state index is 11.7. The molecule has 0 aliphatic carbocycles. The summed E-state index contributed by atoms with van der Waals surface area (Å²) in [7, 11) is 0. The SMILES string of the molecule is O=C(CCC(O)c1ccccc1)N/N=C\c1cccc(Br)c1. The van der Waals surface area contributed by atoms with Crippen LogP contribution < -0.4 is 5.43 Å². The molecule has 2 rings (SSSR count). The minimum atomic E-state index is -0.638. The molecule has 0 aromatic heterocycles. The molecule has 2 aromatic rings. The third-order valence-corrected chi connectivity index (χ3v) is 3.57. The Bertz CT molecular complexity index is 644. The van der Waals surface area contributed by atoms with Crippen molar-refractivity contribution in [1.82, 2.24) is 5.43 Å². The Balaban J connectivity index is 1.76. The number of carbonyl (C=O) groups is 1. The van der Waals surface area contributed by atoms with Gasteiger partial charge in [-0.25, -0.2) is 5.43 Å². The Morgan fingerprint density at radius 3 is 2.73 bits per heavy atom. The van der Waals surface area contributed by atoms with Gasteiger partial charge in [0.15, 0.2) is 0 Å². The van der Waals surface area contributed by atoms with E-state index in [1.807, 2.05) is 54.6 Å². The van der Waals surface area contributed by atoms with E-state index in [9.17, 15) is 9.90 Å². The van der Waals surface area contributed by atoms with E-state index in [2.05, 4.69) is 26.5 Å². The van der Waals surface area contributed by atoms with Crippen molar-refractivity contribution >= 4 is 28.1 Å². The second-order valence-corrected chi connectivity index (χ2v) is 5.73. The molecule has 1 atom stereocenters. The summed E-state index contributed by atoms with van der Waals surface area (Å²) in [5.41, 5.74) is 4.16. The van der Waals surface area contributed by atoms with Gasteiger partial charge in [-0.2, -0.15) is 5.10 Å². The number of hydrazone groups is 1. The van der Waals surface area contributed by atoms with Crippen LogP contribution in [-0.2, 0) is 4.79 Å². The van der Waals surface area contributed by atoms with Gasteiger partial charge in [-0.1, -0.05) is 58.4 Å². The summed E-state index contributed by atoms with van der Waals surface area (Å²) >= 11 is 3.37. The number of carbonyl (C=O) groups excluding carboxylic acids is 1. The van der Waals surface area contributed by atoms with Crippen molar-refractivity contribution in [3.8, 4) is 0 Å². The zero-order chi connectivity index (χ0) is 15.8. The van der Waals surface area contributed by atoms with Gasteiger partial charge in [0.2, 0.25) is 5.91 Å². The normalized spacial score (nSPS) is 12.3. The first-order valence-electron chi connectivity index (χ1n) is 6.95. The summed E-state index contributed by atoms with van der Waals surface area (Å²) < 4.78 is 0.953. The number of nitrogens with one attached hydrogen (secondary N) is 1. The average Bonchev–Trinajstić information content (AvgIpc) is 2.53. The van der Waals surface area contributed by atoms with Crippen molar-refractivity contribution in [2.45, 2.75) is 18.9 Å². The van der Waals surface area contributed by atoms with Crippen LogP contribution in [0.15, 0.2) is 64.2 Å². The number of aliphatic hydroxyl groups is 1. The van der Waals surface area contributed by atoms with Crippen LogP contribution in [0.25, 0.3) is 0 Å². The van der Waals surface area contributed by atoms with Gasteiger partial charge in [-0.15, -0.1) is 0 Å². The lowest BCUT2D eigenvalue weighted by Gasteiger charge is -2.09. The Morgan fingerprint density at radius 1 is 1.23 bits per heavy atom. The maximum Gasteiger partial charge on any atom is 0.240 e. The molecule has 0 saturated carbocycles. The van der Waals surface area contributed by atoms with E-state index in [-0.39, 0.29) is 12.3 Å². The molecule has 0 spiro atoms. The van der Waals surface area contributed by atoms with E-state index < -0.39 is 6.10 Å². The minimum Gasteiger partial charge on any atom is -0.388 e. The van der Waals surface area contributed by atoms with E-state index >= 15 is 0 Å². The first-order chi connectivity index (χ1) is 10.6. The lowest BCUT2D eigenvalue weighted by atomic mass is 10.1. The average molecular weight is 361 g/mol. The zero-order valence-electron chi connectivity index (χ0n) is 11.9. The minimum absolute atomic E-state index is 0.214. The van der Waals surface area contributed by atoms with Gasteiger partial charge in [-0.05, 0) is 29.7 Å². The first-order valence-corrected chi connectivity index (χ1v) is 7.75. The molecule has 0 radical (unpaired) electrons. The molecule has 0 saturated heterocycles. The van der Waals surface area contributed by atoms with Crippen molar-refractivity contribution in [2.75, 3.05) is 0 Å². The van der Waals surface area contributed by atoms with Crippen LogP contribution >= 0.6 is 15.9 Å². The predicted molar refractivity (Wildman–Crippen MR) is 90.5 cm³/mol. The lowest BCUT2D eigenvalue weighted by molar-refractivity contribution is -0.121. The second-order valence-electron chi connectivity index (χ2n) is 4.81. The summed E-state index contributed by atoms with van der Waals surface area (Å²) in [6, 6.07) is 16.9. The van der Waals surface area contributed by atoms with Crippen LogP contribution in [0.3, 0.4) is 0 Å². The molecular weight excluding hydrogens is 344 g/mol. The van der Waals surface area contributed by atoms with Crippen LogP contribution in [0.5, 0.6) is 0 Å². The van der Waals surface area contributed by atoms with Gasteiger partial charge in [0.1, 0.15) is 0 Å². The lowest BCUT2D eigenvalue weighted by Crippen LogP contribution is -2.18. The summed E-state index contributed by atoms with van der Waals surface area (Å²) in [6.07, 6.45) is 1.52. The number of nitrogens with zero attached hydrogens (tertiary/aromatic N) is 1. The molecule has 1 amide bonds. The van der Waals surface area contributed by atoms with Gasteiger partial charge in [0, 0.05) is 10.9 Å². The van der Waals surface area contributed by atoms with Crippen LogP contribution in [0.1, 0.15) is 30.1 Å². The summed E-state index contributed by atoms with van der Waals surface area (Å²) in [6.45, 7) is 0. The topological polar surface area (TPSA) is 61.7 Å². The summed E-state index contributed by atoms with van der Waals surface area (Å²) in [5.74, 6) is -0.221. The van der Waals surface area contributed by atoms with E-state index in [1.54, 1.807) is 6.21 Å². The van der Waals surface area contributed by atoms with Gasteiger partial charge in [-0.3, -0.25) is 4.79 Å². The van der Waals surface area contributed by atoms with Gasteiger partial charge >= 0.3 is 0 Å². The van der Waals surface area contributed by atoms with Crippen molar-refractivity contribution in [2.24, 2.45) is 5.10 Å². The monoisotopic (exact) mass is 360 g/mol. The van der Waals surface area contributed by atoms with E-state index in [0.29, 0.717) is 6.42 Å². The fourth-order valence-corrected chi connectivity index (χ4v) is 2.35. The van der Waals surface area contributed by atoms with Crippen LogP contribution in [0.2, 0.25) is 0 Å². The molecule has 4 nitrogen and oxygen atoms in total.